The van der Waals surface area contributed by atoms with Crippen molar-refractivity contribution in [2.75, 3.05) is 6.54 Å². The molecule has 1 aliphatic rings. The number of hydrogen-bond acceptors (Lipinski definition) is 3. The number of nitrogens with zero attached hydrogens (tertiary/aromatic N) is 2. The highest BCUT2D eigenvalue weighted by Crippen LogP contribution is 2.16. The number of rotatable bonds is 4. The van der Waals surface area contributed by atoms with Gasteiger partial charge in [-0.15, -0.1) is 0 Å². The molecule has 26 heavy (non-hydrogen) atoms. The van der Waals surface area contributed by atoms with Gasteiger partial charge in [-0.25, -0.2) is 0 Å². The summed E-state index contributed by atoms with van der Waals surface area (Å²) in [7, 11) is 0. The second kappa shape index (κ2) is 7.03. The van der Waals surface area contributed by atoms with Crippen LogP contribution in [0.15, 0.2) is 42.6 Å². The third-order valence-electron chi connectivity index (χ3n) is 4.73. The molecule has 134 valence electrons. The number of carbonyl (C=O) groups is 2. The molecule has 7 nitrogen and oxygen atoms in total. The molecule has 0 bridgehead atoms. The summed E-state index contributed by atoms with van der Waals surface area (Å²) in [5.74, 6) is -0.447. The predicted octanol–water partition coefficient (Wildman–Crippen LogP) is 1.81. The van der Waals surface area contributed by atoms with E-state index in [0.29, 0.717) is 25.2 Å². The first-order valence-corrected chi connectivity index (χ1v) is 8.87. The van der Waals surface area contributed by atoms with Crippen molar-refractivity contribution < 1.29 is 9.59 Å². The van der Waals surface area contributed by atoms with Crippen molar-refractivity contribution in [3.8, 4) is 0 Å². The number of para-hydroxylation sites is 1. The van der Waals surface area contributed by atoms with Crippen molar-refractivity contribution >= 4 is 22.7 Å². The lowest BCUT2D eigenvalue weighted by atomic mass is 10.1. The van der Waals surface area contributed by atoms with Crippen LogP contribution < -0.4 is 10.6 Å². The second-order valence-electron chi connectivity index (χ2n) is 6.59. The number of aromatic amines is 1. The summed E-state index contributed by atoms with van der Waals surface area (Å²) in [4.78, 5) is 24.4. The molecule has 3 aromatic rings. The highest BCUT2D eigenvalue weighted by molar-refractivity contribution is 5.96. The number of aromatic nitrogens is 3. The lowest BCUT2D eigenvalue weighted by molar-refractivity contribution is -0.122. The SMILES string of the molecule is O=C(N[C@H]1CCCCNC1=O)c1cc(Cn2ccc3ccccc32)[nH]n1. The maximum Gasteiger partial charge on any atom is 0.272 e. The molecular weight excluding hydrogens is 330 g/mol. The van der Waals surface area contributed by atoms with E-state index >= 15 is 0 Å². The van der Waals surface area contributed by atoms with Gasteiger partial charge in [0.25, 0.3) is 5.91 Å². The van der Waals surface area contributed by atoms with Crippen molar-refractivity contribution in [1.29, 1.82) is 0 Å². The summed E-state index contributed by atoms with van der Waals surface area (Å²) < 4.78 is 2.10. The number of amides is 2. The van der Waals surface area contributed by atoms with E-state index < -0.39 is 6.04 Å². The maximum atomic E-state index is 12.4. The third kappa shape index (κ3) is 3.33. The smallest absolute Gasteiger partial charge is 0.272 e. The van der Waals surface area contributed by atoms with E-state index in [1.807, 2.05) is 18.3 Å². The first-order valence-electron chi connectivity index (χ1n) is 8.87. The molecule has 1 aliphatic heterocycles. The first-order chi connectivity index (χ1) is 12.7. The molecule has 0 aliphatic carbocycles. The van der Waals surface area contributed by atoms with E-state index in [0.717, 1.165) is 24.1 Å². The Balaban J connectivity index is 1.45. The van der Waals surface area contributed by atoms with Gasteiger partial charge in [0.1, 0.15) is 11.7 Å². The molecule has 0 unspecified atom stereocenters. The van der Waals surface area contributed by atoms with Crippen LogP contribution in [0.3, 0.4) is 0 Å². The van der Waals surface area contributed by atoms with Crippen LogP contribution in [0.25, 0.3) is 10.9 Å². The summed E-state index contributed by atoms with van der Waals surface area (Å²) >= 11 is 0. The quantitative estimate of drug-likeness (QED) is 0.669. The van der Waals surface area contributed by atoms with Gasteiger partial charge in [0, 0.05) is 18.3 Å². The highest BCUT2D eigenvalue weighted by Gasteiger charge is 2.23. The molecule has 4 rings (SSSR count). The summed E-state index contributed by atoms with van der Waals surface area (Å²) in [5, 5.41) is 13.8. The van der Waals surface area contributed by atoms with Gasteiger partial charge in [0.15, 0.2) is 0 Å². The summed E-state index contributed by atoms with van der Waals surface area (Å²) in [6.45, 7) is 1.26. The zero-order valence-electron chi connectivity index (χ0n) is 14.4. The number of benzene rings is 1. The maximum absolute atomic E-state index is 12.4. The molecular formula is C19H21N5O2. The largest absolute Gasteiger partial charge is 0.354 e. The molecule has 0 spiro atoms. The molecule has 3 heterocycles. The minimum absolute atomic E-state index is 0.120. The Hall–Kier alpha value is -3.09. The fourth-order valence-electron chi connectivity index (χ4n) is 3.33. The van der Waals surface area contributed by atoms with Crippen LogP contribution >= 0.6 is 0 Å². The molecule has 1 fully saturated rings. The monoisotopic (exact) mass is 351 g/mol. The highest BCUT2D eigenvalue weighted by atomic mass is 16.2. The molecule has 2 amide bonds. The minimum Gasteiger partial charge on any atom is -0.354 e. The lowest BCUT2D eigenvalue weighted by Crippen LogP contribution is -2.45. The molecule has 0 radical (unpaired) electrons. The molecule has 2 aromatic heterocycles. The number of carbonyl (C=O) groups excluding carboxylic acids is 2. The number of hydrogen-bond donors (Lipinski definition) is 3. The van der Waals surface area contributed by atoms with Gasteiger partial charge < -0.3 is 15.2 Å². The van der Waals surface area contributed by atoms with Crippen molar-refractivity contribution in [2.45, 2.75) is 31.8 Å². The van der Waals surface area contributed by atoms with E-state index in [1.165, 1.54) is 5.39 Å². The minimum atomic E-state index is -0.487. The van der Waals surface area contributed by atoms with Crippen molar-refractivity contribution in [3.05, 3.63) is 54.0 Å². The van der Waals surface area contributed by atoms with Gasteiger partial charge >= 0.3 is 0 Å². The number of nitrogens with one attached hydrogen (secondary N) is 3. The average Bonchev–Trinajstić information content (AvgIpc) is 3.23. The fourth-order valence-corrected chi connectivity index (χ4v) is 3.33. The summed E-state index contributed by atoms with van der Waals surface area (Å²) in [6, 6.07) is 11.4. The van der Waals surface area contributed by atoms with Gasteiger partial charge in [-0.1, -0.05) is 18.2 Å². The predicted molar refractivity (Wildman–Crippen MR) is 97.7 cm³/mol. The molecule has 1 atom stereocenters. The zero-order chi connectivity index (χ0) is 17.9. The summed E-state index contributed by atoms with van der Waals surface area (Å²) in [5.41, 5.74) is 2.26. The van der Waals surface area contributed by atoms with E-state index in [4.69, 9.17) is 0 Å². The van der Waals surface area contributed by atoms with Gasteiger partial charge in [-0.3, -0.25) is 14.7 Å². The Bertz CT molecular complexity index is 942. The van der Waals surface area contributed by atoms with Gasteiger partial charge in [0.2, 0.25) is 5.91 Å². The molecule has 1 aromatic carbocycles. The Morgan fingerprint density at radius 1 is 1.27 bits per heavy atom. The number of fused-ring (bicyclic) bond motifs is 1. The zero-order valence-corrected chi connectivity index (χ0v) is 14.4. The van der Waals surface area contributed by atoms with Crippen LogP contribution in [0.2, 0.25) is 0 Å². The fraction of sp³-hybridized carbons (Fsp3) is 0.316. The van der Waals surface area contributed by atoms with Crippen molar-refractivity contribution in [2.24, 2.45) is 0 Å². The van der Waals surface area contributed by atoms with E-state index in [2.05, 4.69) is 43.6 Å². The normalized spacial score (nSPS) is 17.7. The molecule has 0 saturated carbocycles. The Morgan fingerprint density at radius 3 is 3.08 bits per heavy atom. The van der Waals surface area contributed by atoms with Gasteiger partial charge in [-0.2, -0.15) is 5.10 Å². The molecule has 3 N–H and O–H groups in total. The topological polar surface area (TPSA) is 91.8 Å². The van der Waals surface area contributed by atoms with Crippen LogP contribution in [-0.2, 0) is 11.3 Å². The Morgan fingerprint density at radius 2 is 2.15 bits per heavy atom. The molecule has 7 heteroatoms. The number of H-pyrrole nitrogens is 1. The van der Waals surface area contributed by atoms with Crippen molar-refractivity contribution in [3.63, 3.8) is 0 Å². The van der Waals surface area contributed by atoms with Gasteiger partial charge in [-0.05, 0) is 42.8 Å². The Kier molecular flexibility index (Phi) is 4.43. The standard InChI is InChI=1S/C19H21N5O2/c25-18-15(6-3-4-9-20-18)21-19(26)16-11-14(22-23-16)12-24-10-8-13-5-1-2-7-17(13)24/h1-2,5,7-8,10-11,15H,3-4,6,9,12H2,(H,20,25)(H,21,26)(H,22,23)/t15-/m0/s1. The van der Waals surface area contributed by atoms with Gasteiger partial charge in [0.05, 0.1) is 12.2 Å². The first kappa shape index (κ1) is 16.4. The van der Waals surface area contributed by atoms with Crippen LogP contribution in [0.5, 0.6) is 0 Å². The second-order valence-corrected chi connectivity index (χ2v) is 6.59. The van der Waals surface area contributed by atoms with E-state index in [1.54, 1.807) is 6.07 Å². The van der Waals surface area contributed by atoms with Crippen LogP contribution in [-0.4, -0.2) is 39.2 Å². The third-order valence-corrected chi connectivity index (χ3v) is 4.73. The van der Waals surface area contributed by atoms with Crippen LogP contribution in [0.1, 0.15) is 35.4 Å². The van der Waals surface area contributed by atoms with E-state index in [9.17, 15) is 9.59 Å². The van der Waals surface area contributed by atoms with Crippen LogP contribution in [0, 0.1) is 0 Å². The molecule has 1 saturated heterocycles. The van der Waals surface area contributed by atoms with Crippen molar-refractivity contribution in [1.82, 2.24) is 25.4 Å². The Labute approximate surface area is 150 Å². The lowest BCUT2D eigenvalue weighted by Gasteiger charge is -2.13. The van der Waals surface area contributed by atoms with Crippen LogP contribution in [0.4, 0.5) is 0 Å². The average molecular weight is 351 g/mol. The van der Waals surface area contributed by atoms with E-state index in [-0.39, 0.29) is 11.8 Å². The summed E-state index contributed by atoms with van der Waals surface area (Å²) in [6.07, 6.45) is 4.52.